The van der Waals surface area contributed by atoms with Gasteiger partial charge in [0, 0.05) is 12.4 Å². The molecule has 0 aliphatic carbocycles. The molecule has 0 saturated carbocycles. The molecule has 1 aliphatic rings. The van der Waals surface area contributed by atoms with Crippen LogP contribution in [0.1, 0.15) is 0 Å². The van der Waals surface area contributed by atoms with Crippen LogP contribution in [0.4, 0.5) is 0 Å². The smallest absolute Gasteiger partial charge is 0.170 e. The molecule has 1 aliphatic heterocycles. The average molecular weight is 160 g/mol. The van der Waals surface area contributed by atoms with Crippen molar-refractivity contribution >= 4 is 0 Å². The molecular formula is C9H8N2O. The Balaban J connectivity index is 0.000000100. The molecule has 2 heterocycles. The number of benzene rings is 1. The second kappa shape index (κ2) is 3.09. The van der Waals surface area contributed by atoms with Crippen LogP contribution in [0.15, 0.2) is 43.0 Å². The van der Waals surface area contributed by atoms with Crippen molar-refractivity contribution in [1.82, 2.24) is 9.97 Å². The minimum absolute atomic E-state index is 1.03. The third kappa shape index (κ3) is 1.63. The van der Waals surface area contributed by atoms with Gasteiger partial charge in [-0.25, -0.2) is 4.98 Å². The van der Waals surface area contributed by atoms with Gasteiger partial charge in [0.1, 0.15) is 0 Å². The van der Waals surface area contributed by atoms with Crippen LogP contribution in [-0.2, 0) is 0 Å². The maximum absolute atomic E-state index is 4.94. The highest BCUT2D eigenvalue weighted by molar-refractivity contribution is 5.53. The molecule has 0 bridgehead atoms. The summed E-state index contributed by atoms with van der Waals surface area (Å²) in [5, 5.41) is 0. The predicted molar refractivity (Wildman–Crippen MR) is 45.1 cm³/mol. The number of hydrogen-bond donors (Lipinski definition) is 1. The average Bonchev–Trinajstić information content (AvgIpc) is 2.64. The molecule has 0 fully saturated rings. The van der Waals surface area contributed by atoms with E-state index in [0.29, 0.717) is 0 Å². The SMILES string of the molecule is c1c[nH]cn1.c1ccc2c(c1)O2. The van der Waals surface area contributed by atoms with E-state index in [-0.39, 0.29) is 0 Å². The molecule has 0 unspecified atom stereocenters. The summed E-state index contributed by atoms with van der Waals surface area (Å²) < 4.78 is 4.94. The third-order valence-corrected chi connectivity index (χ3v) is 1.43. The highest BCUT2D eigenvalue weighted by Crippen LogP contribution is 2.43. The molecule has 1 N–H and O–H groups in total. The van der Waals surface area contributed by atoms with Gasteiger partial charge in [-0.05, 0) is 12.1 Å². The van der Waals surface area contributed by atoms with E-state index in [9.17, 15) is 0 Å². The molecule has 60 valence electrons. The second-order valence-corrected chi connectivity index (χ2v) is 2.31. The number of rotatable bonds is 0. The summed E-state index contributed by atoms with van der Waals surface area (Å²) >= 11 is 0. The van der Waals surface area contributed by atoms with Crippen LogP contribution in [0.5, 0.6) is 11.5 Å². The highest BCUT2D eigenvalue weighted by atomic mass is 16.6. The van der Waals surface area contributed by atoms with Crippen LogP contribution >= 0.6 is 0 Å². The summed E-state index contributed by atoms with van der Waals surface area (Å²) in [6.45, 7) is 0. The Morgan fingerprint density at radius 2 is 1.92 bits per heavy atom. The number of ether oxygens (including phenoxy) is 1. The Labute approximate surface area is 70.0 Å². The van der Waals surface area contributed by atoms with Crippen molar-refractivity contribution < 1.29 is 4.74 Å². The Morgan fingerprint density at radius 1 is 1.17 bits per heavy atom. The van der Waals surface area contributed by atoms with E-state index >= 15 is 0 Å². The standard InChI is InChI=1S/C6H4O.C3H4N2/c1-2-4-6-5(3-1)7-6;1-2-5-3-4-1/h1-4H;1-3H,(H,4,5). The number of imidazole rings is 1. The van der Waals surface area contributed by atoms with Gasteiger partial charge in [0.15, 0.2) is 11.5 Å². The summed E-state index contributed by atoms with van der Waals surface area (Å²) in [5.41, 5.74) is 0. The van der Waals surface area contributed by atoms with Crippen molar-refractivity contribution in [2.24, 2.45) is 0 Å². The van der Waals surface area contributed by atoms with Crippen molar-refractivity contribution in [3.05, 3.63) is 43.0 Å². The molecule has 3 heteroatoms. The number of aromatic amines is 1. The summed E-state index contributed by atoms with van der Waals surface area (Å²) in [6.07, 6.45) is 5.08. The maximum atomic E-state index is 4.94. The van der Waals surface area contributed by atoms with E-state index in [2.05, 4.69) is 9.97 Å². The lowest BCUT2D eigenvalue weighted by Gasteiger charge is -1.61. The van der Waals surface area contributed by atoms with Gasteiger partial charge < -0.3 is 9.72 Å². The summed E-state index contributed by atoms with van der Waals surface area (Å²) in [5.74, 6) is 2.06. The van der Waals surface area contributed by atoms with Crippen molar-refractivity contribution in [3.8, 4) is 11.5 Å². The number of nitrogens with zero attached hydrogens (tertiary/aromatic N) is 1. The summed E-state index contributed by atoms with van der Waals surface area (Å²) in [6, 6.07) is 7.84. The minimum Gasteiger partial charge on any atom is -0.450 e. The molecule has 1 aromatic carbocycles. The quantitative estimate of drug-likeness (QED) is 0.512. The third-order valence-electron chi connectivity index (χ3n) is 1.43. The fourth-order valence-electron chi connectivity index (χ4n) is 0.826. The molecule has 0 radical (unpaired) electrons. The molecule has 0 spiro atoms. The van der Waals surface area contributed by atoms with Gasteiger partial charge in [-0.2, -0.15) is 0 Å². The monoisotopic (exact) mass is 160 g/mol. The lowest BCUT2D eigenvalue weighted by Crippen LogP contribution is -1.44. The Bertz CT molecular complexity index is 305. The molecule has 3 rings (SSSR count). The first-order chi connectivity index (χ1) is 5.97. The van der Waals surface area contributed by atoms with E-state index in [1.807, 2.05) is 24.3 Å². The predicted octanol–water partition coefficient (Wildman–Crippen LogP) is 2.20. The zero-order valence-electron chi connectivity index (χ0n) is 6.40. The number of H-pyrrole nitrogens is 1. The number of hydrogen-bond acceptors (Lipinski definition) is 2. The Kier molecular flexibility index (Phi) is 1.78. The van der Waals surface area contributed by atoms with E-state index in [1.54, 1.807) is 18.7 Å². The fourth-order valence-corrected chi connectivity index (χ4v) is 0.826. The molecule has 12 heavy (non-hydrogen) atoms. The first-order valence-corrected chi connectivity index (χ1v) is 3.66. The van der Waals surface area contributed by atoms with Gasteiger partial charge in [-0.3, -0.25) is 0 Å². The zero-order valence-corrected chi connectivity index (χ0v) is 6.40. The Morgan fingerprint density at radius 3 is 2.25 bits per heavy atom. The van der Waals surface area contributed by atoms with Crippen LogP contribution in [0.25, 0.3) is 0 Å². The lowest BCUT2D eigenvalue weighted by atomic mass is 10.4. The van der Waals surface area contributed by atoms with Crippen LogP contribution in [-0.4, -0.2) is 9.97 Å². The van der Waals surface area contributed by atoms with Crippen molar-refractivity contribution in [2.75, 3.05) is 0 Å². The maximum Gasteiger partial charge on any atom is 0.170 e. The summed E-state index contributed by atoms with van der Waals surface area (Å²) in [4.78, 5) is 6.42. The van der Waals surface area contributed by atoms with Gasteiger partial charge in [-0.15, -0.1) is 0 Å². The number of aromatic nitrogens is 2. The minimum atomic E-state index is 1.03. The van der Waals surface area contributed by atoms with Gasteiger partial charge in [0.05, 0.1) is 6.33 Å². The normalized spacial score (nSPS) is 10.3. The number of fused-ring (bicyclic) bond motifs is 1. The first-order valence-electron chi connectivity index (χ1n) is 3.66. The largest absolute Gasteiger partial charge is 0.450 e. The van der Waals surface area contributed by atoms with Gasteiger partial charge in [-0.1, -0.05) is 12.1 Å². The lowest BCUT2D eigenvalue weighted by molar-refractivity contribution is 0.650. The van der Waals surface area contributed by atoms with Gasteiger partial charge in [0.2, 0.25) is 0 Å². The number of para-hydroxylation sites is 2. The van der Waals surface area contributed by atoms with E-state index in [4.69, 9.17) is 4.74 Å². The second-order valence-electron chi connectivity index (χ2n) is 2.31. The van der Waals surface area contributed by atoms with Crippen LogP contribution in [0.2, 0.25) is 0 Å². The van der Waals surface area contributed by atoms with Crippen molar-refractivity contribution in [2.45, 2.75) is 0 Å². The van der Waals surface area contributed by atoms with Crippen LogP contribution in [0, 0.1) is 0 Å². The van der Waals surface area contributed by atoms with Crippen molar-refractivity contribution in [1.29, 1.82) is 0 Å². The molecule has 3 nitrogen and oxygen atoms in total. The van der Waals surface area contributed by atoms with Crippen LogP contribution in [0.3, 0.4) is 0 Å². The Hall–Kier alpha value is -1.77. The molecule has 0 amide bonds. The highest BCUT2D eigenvalue weighted by Gasteiger charge is 2.15. The molecule has 0 atom stereocenters. The molecular weight excluding hydrogens is 152 g/mol. The molecule has 2 aromatic rings. The summed E-state index contributed by atoms with van der Waals surface area (Å²) in [7, 11) is 0. The van der Waals surface area contributed by atoms with E-state index in [1.165, 1.54) is 0 Å². The topological polar surface area (TPSA) is 41.2 Å². The molecule has 1 aromatic heterocycles. The zero-order chi connectivity index (χ0) is 8.23. The van der Waals surface area contributed by atoms with Crippen molar-refractivity contribution in [3.63, 3.8) is 0 Å². The number of nitrogens with one attached hydrogen (secondary N) is 1. The van der Waals surface area contributed by atoms with E-state index in [0.717, 1.165) is 11.5 Å². The molecule has 0 saturated heterocycles. The fraction of sp³-hybridized carbons (Fsp3) is 0. The van der Waals surface area contributed by atoms with Gasteiger partial charge in [0.25, 0.3) is 0 Å². The van der Waals surface area contributed by atoms with E-state index < -0.39 is 0 Å². The van der Waals surface area contributed by atoms with Gasteiger partial charge >= 0.3 is 0 Å². The first kappa shape index (κ1) is 6.91. The van der Waals surface area contributed by atoms with Crippen LogP contribution < -0.4 is 4.74 Å².